The number of nitrogens with zero attached hydrogens (tertiary/aromatic N) is 1. The summed E-state index contributed by atoms with van der Waals surface area (Å²) in [6.07, 6.45) is 2.63. The molecule has 0 spiro atoms. The number of hydrogen-bond donors (Lipinski definition) is 3. The molecule has 0 atom stereocenters. The number of H-pyrrole nitrogens is 1. The number of nitrogens with one attached hydrogen (secondary N) is 3. The minimum absolute atomic E-state index is 0.0542. The smallest absolute Gasteiger partial charge is 0.260 e. The molecule has 0 aliphatic carbocycles. The Bertz CT molecular complexity index is 1300. The van der Waals surface area contributed by atoms with Crippen LogP contribution in [0.4, 0.5) is 10.1 Å². The summed E-state index contributed by atoms with van der Waals surface area (Å²) in [7, 11) is 0. The molecule has 0 unspecified atom stereocenters. The molecule has 162 valence electrons. The maximum atomic E-state index is 14.1. The molecule has 3 aromatic carbocycles. The molecule has 0 bridgehead atoms. The Hall–Kier alpha value is -3.64. The van der Waals surface area contributed by atoms with Gasteiger partial charge in [-0.3, -0.25) is 15.1 Å². The average molecular weight is 449 g/mol. The van der Waals surface area contributed by atoms with E-state index in [9.17, 15) is 9.18 Å². The second kappa shape index (κ2) is 9.66. The monoisotopic (exact) mass is 448 g/mol. The van der Waals surface area contributed by atoms with Gasteiger partial charge in [0.05, 0.1) is 5.56 Å². The molecule has 0 saturated heterocycles. The van der Waals surface area contributed by atoms with Gasteiger partial charge in [0.1, 0.15) is 5.82 Å². The molecule has 4 rings (SSSR count). The number of fused-ring (bicyclic) bond motifs is 1. The number of carbonyl (C=O) groups is 1. The lowest BCUT2D eigenvalue weighted by molar-refractivity contribution is 0.0973. The lowest BCUT2D eigenvalue weighted by atomic mass is 10.1. The summed E-state index contributed by atoms with van der Waals surface area (Å²) in [5.41, 5.74) is 3.77. The summed E-state index contributed by atoms with van der Waals surface area (Å²) >= 11 is 6.13. The number of para-hydroxylation sites is 1. The van der Waals surface area contributed by atoms with Gasteiger partial charge in [0.15, 0.2) is 0 Å². The van der Waals surface area contributed by atoms with Crippen LogP contribution in [0.3, 0.4) is 0 Å². The Kier molecular flexibility index (Phi) is 6.52. The van der Waals surface area contributed by atoms with Crippen molar-refractivity contribution in [2.24, 2.45) is 4.99 Å². The number of amides is 1. The number of aromatic amines is 1. The van der Waals surface area contributed by atoms with Crippen LogP contribution in [0.1, 0.15) is 21.5 Å². The van der Waals surface area contributed by atoms with E-state index in [1.807, 2.05) is 37.4 Å². The summed E-state index contributed by atoms with van der Waals surface area (Å²) in [6.45, 7) is 2.34. The number of hydrogen-bond acceptors (Lipinski definition) is 2. The van der Waals surface area contributed by atoms with Gasteiger partial charge in [0.2, 0.25) is 5.96 Å². The molecule has 0 aliphatic heterocycles. The van der Waals surface area contributed by atoms with Crippen molar-refractivity contribution < 1.29 is 9.18 Å². The second-order valence-electron chi connectivity index (χ2n) is 7.36. The quantitative estimate of drug-likeness (QED) is 0.270. The van der Waals surface area contributed by atoms with E-state index in [4.69, 9.17) is 11.6 Å². The number of rotatable bonds is 5. The SMILES string of the molecule is Cc1ccc(Cl)cc1NC(=NCCc1c[nH]c2ccccc12)NC(=O)c1ccccc1F. The number of guanidine groups is 1. The van der Waals surface area contributed by atoms with E-state index < -0.39 is 11.7 Å². The standard InChI is InChI=1S/C25H22ClFN4O/c1-16-10-11-18(26)14-23(16)30-25(31-24(32)20-7-2-4-8-21(20)27)28-13-12-17-15-29-22-9-5-3-6-19(17)22/h2-11,14-15,29H,12-13H2,1H3,(H2,28,30,31,32). The Morgan fingerprint density at radius 1 is 1.09 bits per heavy atom. The highest BCUT2D eigenvalue weighted by Gasteiger charge is 2.14. The lowest BCUT2D eigenvalue weighted by Gasteiger charge is -2.14. The highest BCUT2D eigenvalue weighted by atomic mass is 35.5. The number of aliphatic imine (C=N–C) groups is 1. The number of halogens is 2. The molecule has 4 aromatic rings. The molecular weight excluding hydrogens is 427 g/mol. The fraction of sp³-hybridized carbons (Fsp3) is 0.120. The molecule has 0 aliphatic rings. The van der Waals surface area contributed by atoms with Gasteiger partial charge in [-0.05, 0) is 54.8 Å². The largest absolute Gasteiger partial charge is 0.361 e. The first-order chi connectivity index (χ1) is 15.5. The summed E-state index contributed by atoms with van der Waals surface area (Å²) < 4.78 is 14.1. The van der Waals surface area contributed by atoms with Gasteiger partial charge in [-0.25, -0.2) is 4.39 Å². The minimum Gasteiger partial charge on any atom is -0.361 e. The Labute approximate surface area is 190 Å². The summed E-state index contributed by atoms with van der Waals surface area (Å²) in [5.74, 6) is -0.952. The molecule has 0 fully saturated rings. The third-order valence-electron chi connectivity index (χ3n) is 5.13. The number of anilines is 1. The molecule has 5 nitrogen and oxygen atoms in total. The highest BCUT2D eigenvalue weighted by molar-refractivity contribution is 6.31. The van der Waals surface area contributed by atoms with Crippen molar-refractivity contribution in [1.82, 2.24) is 10.3 Å². The van der Waals surface area contributed by atoms with Crippen LogP contribution in [0.5, 0.6) is 0 Å². The van der Waals surface area contributed by atoms with Crippen LogP contribution in [0.25, 0.3) is 10.9 Å². The molecule has 7 heteroatoms. The highest BCUT2D eigenvalue weighted by Crippen LogP contribution is 2.21. The van der Waals surface area contributed by atoms with E-state index in [0.29, 0.717) is 23.7 Å². The molecule has 1 aromatic heterocycles. The van der Waals surface area contributed by atoms with Gasteiger partial charge in [-0.15, -0.1) is 0 Å². The number of benzene rings is 3. The van der Waals surface area contributed by atoms with Crippen LogP contribution >= 0.6 is 11.6 Å². The van der Waals surface area contributed by atoms with Crippen molar-refractivity contribution in [3.05, 3.63) is 100 Å². The summed E-state index contributed by atoms with van der Waals surface area (Å²) in [4.78, 5) is 20.5. The predicted octanol–water partition coefficient (Wildman–Crippen LogP) is 5.71. The molecule has 0 saturated carbocycles. The van der Waals surface area contributed by atoms with Gasteiger partial charge < -0.3 is 10.3 Å². The van der Waals surface area contributed by atoms with Gasteiger partial charge in [-0.2, -0.15) is 0 Å². The van der Waals surface area contributed by atoms with Crippen LogP contribution < -0.4 is 10.6 Å². The number of aryl methyl sites for hydroxylation is 1. The van der Waals surface area contributed by atoms with Crippen LogP contribution in [0, 0.1) is 12.7 Å². The van der Waals surface area contributed by atoms with Gasteiger partial charge >= 0.3 is 0 Å². The van der Waals surface area contributed by atoms with Crippen LogP contribution in [-0.4, -0.2) is 23.4 Å². The summed E-state index contributed by atoms with van der Waals surface area (Å²) in [6, 6.07) is 19.3. The van der Waals surface area contributed by atoms with Crippen molar-refractivity contribution in [3.63, 3.8) is 0 Å². The van der Waals surface area contributed by atoms with E-state index in [1.54, 1.807) is 18.2 Å². The van der Waals surface area contributed by atoms with Crippen molar-refractivity contribution in [3.8, 4) is 0 Å². The first-order valence-electron chi connectivity index (χ1n) is 10.2. The van der Waals surface area contributed by atoms with Crippen molar-refractivity contribution in [2.45, 2.75) is 13.3 Å². The zero-order valence-electron chi connectivity index (χ0n) is 17.5. The van der Waals surface area contributed by atoms with Gasteiger partial charge in [-0.1, -0.05) is 48.0 Å². The molecule has 1 heterocycles. The van der Waals surface area contributed by atoms with Crippen LogP contribution in [-0.2, 0) is 6.42 Å². The Balaban J connectivity index is 1.56. The fourth-order valence-electron chi connectivity index (χ4n) is 3.41. The average Bonchev–Trinajstić information content (AvgIpc) is 3.19. The van der Waals surface area contributed by atoms with Crippen molar-refractivity contribution in [2.75, 3.05) is 11.9 Å². The van der Waals surface area contributed by atoms with Crippen molar-refractivity contribution >= 4 is 40.1 Å². The lowest BCUT2D eigenvalue weighted by Crippen LogP contribution is -2.37. The van der Waals surface area contributed by atoms with E-state index in [0.717, 1.165) is 22.0 Å². The van der Waals surface area contributed by atoms with E-state index in [2.05, 4.69) is 26.7 Å². The second-order valence-corrected chi connectivity index (χ2v) is 7.79. The Morgan fingerprint density at radius 2 is 1.88 bits per heavy atom. The van der Waals surface area contributed by atoms with Crippen molar-refractivity contribution in [1.29, 1.82) is 0 Å². The van der Waals surface area contributed by atoms with E-state index in [-0.39, 0.29) is 11.5 Å². The minimum atomic E-state index is -0.595. The van der Waals surface area contributed by atoms with Crippen LogP contribution in [0.2, 0.25) is 5.02 Å². The predicted molar refractivity (Wildman–Crippen MR) is 128 cm³/mol. The Morgan fingerprint density at radius 3 is 2.72 bits per heavy atom. The molecule has 0 radical (unpaired) electrons. The van der Waals surface area contributed by atoms with E-state index >= 15 is 0 Å². The first kappa shape index (κ1) is 21.6. The maximum Gasteiger partial charge on any atom is 0.260 e. The zero-order chi connectivity index (χ0) is 22.5. The molecule has 1 amide bonds. The van der Waals surface area contributed by atoms with Crippen LogP contribution in [0.15, 0.2) is 77.9 Å². The van der Waals surface area contributed by atoms with Gasteiger partial charge in [0.25, 0.3) is 5.91 Å². The third kappa shape index (κ3) is 4.98. The number of aromatic nitrogens is 1. The summed E-state index contributed by atoms with van der Waals surface area (Å²) in [5, 5.41) is 7.51. The van der Waals surface area contributed by atoms with Gasteiger partial charge in [0, 0.05) is 34.4 Å². The zero-order valence-corrected chi connectivity index (χ0v) is 18.2. The topological polar surface area (TPSA) is 69.3 Å². The first-order valence-corrected chi connectivity index (χ1v) is 10.6. The van der Waals surface area contributed by atoms with E-state index in [1.165, 1.54) is 18.2 Å². The third-order valence-corrected chi connectivity index (χ3v) is 5.36. The molecule has 32 heavy (non-hydrogen) atoms. The molecule has 3 N–H and O–H groups in total. The normalized spacial score (nSPS) is 11.5. The maximum absolute atomic E-state index is 14.1. The number of carbonyl (C=O) groups excluding carboxylic acids is 1. The molecular formula is C25H22ClFN4O. The fourth-order valence-corrected chi connectivity index (χ4v) is 3.59.